The molecule has 4 nitrogen and oxygen atoms in total. The van der Waals surface area contributed by atoms with Crippen LogP contribution >= 0.6 is 0 Å². The minimum Gasteiger partial charge on any atom is -0.367 e. The summed E-state index contributed by atoms with van der Waals surface area (Å²) in [5.74, 6) is 0.0809. The Labute approximate surface area is 107 Å². The quantitative estimate of drug-likeness (QED) is 0.787. The largest absolute Gasteiger partial charge is 0.367 e. The summed E-state index contributed by atoms with van der Waals surface area (Å²) in [7, 11) is 0. The molecule has 0 aliphatic carbocycles. The molecule has 0 aliphatic rings. The van der Waals surface area contributed by atoms with Gasteiger partial charge in [-0.15, -0.1) is 0 Å². The Morgan fingerprint density at radius 2 is 1.56 bits per heavy atom. The fourth-order valence-electron chi connectivity index (χ4n) is 0.958. The molecule has 4 heteroatoms. The number of aromatic amines is 1. The summed E-state index contributed by atoms with van der Waals surface area (Å²) in [5.41, 5.74) is 0.753. The smallest absolute Gasteiger partial charge is 0.181 e. The van der Waals surface area contributed by atoms with Gasteiger partial charge >= 0.3 is 0 Å². The number of nitrogens with zero attached hydrogens (tertiary/aromatic N) is 1. The number of pyridine rings is 2. The molecule has 0 bridgehead atoms. The molecule has 0 fully saturated rings. The molecule has 18 heavy (non-hydrogen) atoms. The van der Waals surface area contributed by atoms with E-state index in [9.17, 15) is 9.59 Å². The van der Waals surface area contributed by atoms with Gasteiger partial charge < -0.3 is 4.98 Å². The Kier molecular flexibility index (Phi) is 8.72. The second-order valence-electron chi connectivity index (χ2n) is 3.03. The van der Waals surface area contributed by atoms with E-state index in [1.807, 2.05) is 13.8 Å². The summed E-state index contributed by atoms with van der Waals surface area (Å²) >= 11 is 0. The number of nitrogens with one attached hydrogen (secondary N) is 1. The van der Waals surface area contributed by atoms with Crippen LogP contribution in [0.4, 0.5) is 0 Å². The van der Waals surface area contributed by atoms with Gasteiger partial charge in [-0.05, 0) is 19.1 Å². The molecular weight excluding hydrogens is 228 g/mol. The lowest BCUT2D eigenvalue weighted by Gasteiger charge is -1.88. The van der Waals surface area contributed by atoms with Gasteiger partial charge in [-0.25, -0.2) is 0 Å². The topological polar surface area (TPSA) is 62.8 Å². The highest BCUT2D eigenvalue weighted by Gasteiger charge is 1.93. The lowest BCUT2D eigenvalue weighted by molar-refractivity contribution is 0.101. The van der Waals surface area contributed by atoms with Crippen LogP contribution in [0.3, 0.4) is 0 Å². The predicted molar refractivity (Wildman–Crippen MR) is 72.7 cm³/mol. The van der Waals surface area contributed by atoms with E-state index in [0.29, 0.717) is 5.56 Å². The van der Waals surface area contributed by atoms with Crippen molar-refractivity contribution in [3.05, 3.63) is 64.8 Å². The van der Waals surface area contributed by atoms with Crippen molar-refractivity contribution in [3.63, 3.8) is 0 Å². The first-order valence-corrected chi connectivity index (χ1v) is 5.74. The molecule has 0 saturated carbocycles. The Hall–Kier alpha value is -2.23. The van der Waals surface area contributed by atoms with Crippen LogP contribution in [0.2, 0.25) is 0 Å². The fraction of sp³-hybridized carbons (Fsp3) is 0.214. The van der Waals surface area contributed by atoms with Crippen molar-refractivity contribution >= 4 is 5.78 Å². The molecule has 96 valence electrons. The highest BCUT2D eigenvalue weighted by molar-refractivity contribution is 5.93. The summed E-state index contributed by atoms with van der Waals surface area (Å²) in [6.45, 7) is 5.54. The van der Waals surface area contributed by atoms with Gasteiger partial charge in [-0.2, -0.15) is 0 Å². The molecule has 0 aromatic carbocycles. The summed E-state index contributed by atoms with van der Waals surface area (Å²) in [5, 5.41) is 0. The van der Waals surface area contributed by atoms with Crippen molar-refractivity contribution in [2.45, 2.75) is 20.8 Å². The summed E-state index contributed by atoms with van der Waals surface area (Å²) in [4.78, 5) is 27.4. The average Bonchev–Trinajstić information content (AvgIpc) is 2.43. The van der Waals surface area contributed by atoms with Crippen LogP contribution < -0.4 is 5.43 Å². The minimum absolute atomic E-state index is 0.0405. The standard InChI is InChI=1S/C7H7NO.C5H5NO.C2H6/c1-6(9)7-2-4-8-5-3-7;7-5-1-3-6-4-2-5;1-2/h2-5H,1H3;1-4H,(H,6,7);1-2H3. The fourth-order valence-corrected chi connectivity index (χ4v) is 0.958. The number of Topliss-reactive ketones (excluding diaryl/α,β-unsaturated/α-hetero) is 1. The Morgan fingerprint density at radius 3 is 1.83 bits per heavy atom. The van der Waals surface area contributed by atoms with Crippen LogP contribution in [0.1, 0.15) is 31.1 Å². The SMILES string of the molecule is CC.CC(=O)c1ccncc1.O=c1cc[nH]cc1. The highest BCUT2D eigenvalue weighted by Crippen LogP contribution is 1.95. The predicted octanol–water partition coefficient (Wildman–Crippen LogP) is 2.69. The monoisotopic (exact) mass is 246 g/mol. The van der Waals surface area contributed by atoms with Gasteiger partial charge in [0.05, 0.1) is 0 Å². The van der Waals surface area contributed by atoms with Gasteiger partial charge in [-0.3, -0.25) is 14.6 Å². The lowest BCUT2D eigenvalue weighted by atomic mass is 10.2. The first kappa shape index (κ1) is 15.8. The first-order chi connectivity index (χ1) is 8.70. The molecule has 0 spiro atoms. The number of hydrogen-bond donors (Lipinski definition) is 1. The number of hydrogen-bond acceptors (Lipinski definition) is 3. The molecule has 0 saturated heterocycles. The van der Waals surface area contributed by atoms with Crippen molar-refractivity contribution in [1.29, 1.82) is 0 Å². The maximum Gasteiger partial charge on any atom is 0.181 e. The van der Waals surface area contributed by atoms with E-state index in [-0.39, 0.29) is 11.2 Å². The molecule has 0 atom stereocenters. The van der Waals surface area contributed by atoms with Gasteiger partial charge in [0.15, 0.2) is 11.2 Å². The van der Waals surface area contributed by atoms with Crippen molar-refractivity contribution in [1.82, 2.24) is 9.97 Å². The van der Waals surface area contributed by atoms with Crippen molar-refractivity contribution in [2.75, 3.05) is 0 Å². The molecule has 1 N–H and O–H groups in total. The number of aromatic nitrogens is 2. The molecule has 0 unspecified atom stereocenters. The van der Waals surface area contributed by atoms with E-state index >= 15 is 0 Å². The van der Waals surface area contributed by atoms with Gasteiger partial charge in [-0.1, -0.05) is 13.8 Å². The van der Waals surface area contributed by atoms with Crippen LogP contribution in [0.5, 0.6) is 0 Å². The minimum atomic E-state index is 0.0405. The molecule has 2 aromatic heterocycles. The third-order valence-corrected chi connectivity index (χ3v) is 1.77. The van der Waals surface area contributed by atoms with Crippen LogP contribution in [-0.4, -0.2) is 15.8 Å². The van der Waals surface area contributed by atoms with Gasteiger partial charge in [0.25, 0.3) is 0 Å². The Morgan fingerprint density at radius 1 is 1.06 bits per heavy atom. The number of carbonyl (C=O) groups excluding carboxylic acids is 1. The lowest BCUT2D eigenvalue weighted by Crippen LogP contribution is -1.92. The van der Waals surface area contributed by atoms with Crippen LogP contribution in [0.15, 0.2) is 53.8 Å². The van der Waals surface area contributed by atoms with E-state index < -0.39 is 0 Å². The molecule has 2 heterocycles. The Balaban J connectivity index is 0.000000289. The number of rotatable bonds is 1. The van der Waals surface area contributed by atoms with E-state index in [1.165, 1.54) is 19.1 Å². The van der Waals surface area contributed by atoms with Crippen molar-refractivity contribution in [3.8, 4) is 0 Å². The first-order valence-electron chi connectivity index (χ1n) is 5.74. The zero-order chi connectivity index (χ0) is 13.8. The molecular formula is C14H18N2O2. The molecule has 2 aromatic rings. The number of ketones is 1. The second-order valence-corrected chi connectivity index (χ2v) is 3.03. The highest BCUT2D eigenvalue weighted by atomic mass is 16.1. The van der Waals surface area contributed by atoms with Crippen molar-refractivity contribution in [2.24, 2.45) is 0 Å². The van der Waals surface area contributed by atoms with Gasteiger partial charge in [0, 0.05) is 42.5 Å². The normalized spacial score (nSPS) is 8.17. The third-order valence-electron chi connectivity index (χ3n) is 1.77. The molecule has 0 radical (unpaired) electrons. The zero-order valence-corrected chi connectivity index (χ0v) is 10.9. The van der Waals surface area contributed by atoms with E-state index in [2.05, 4.69) is 9.97 Å². The van der Waals surface area contributed by atoms with Crippen LogP contribution in [0, 0.1) is 0 Å². The van der Waals surface area contributed by atoms with E-state index in [4.69, 9.17) is 0 Å². The third kappa shape index (κ3) is 7.11. The number of H-pyrrole nitrogens is 1. The summed E-state index contributed by atoms with van der Waals surface area (Å²) < 4.78 is 0. The molecule has 0 amide bonds. The Bertz CT molecular complexity index is 475. The van der Waals surface area contributed by atoms with Gasteiger partial charge in [0.2, 0.25) is 0 Å². The summed E-state index contributed by atoms with van der Waals surface area (Å²) in [6.07, 6.45) is 6.41. The summed E-state index contributed by atoms with van der Waals surface area (Å²) in [6, 6.07) is 6.34. The van der Waals surface area contributed by atoms with E-state index in [1.54, 1.807) is 36.9 Å². The average molecular weight is 246 g/mol. The van der Waals surface area contributed by atoms with Crippen LogP contribution in [0.25, 0.3) is 0 Å². The number of carbonyl (C=O) groups is 1. The van der Waals surface area contributed by atoms with E-state index in [0.717, 1.165) is 0 Å². The van der Waals surface area contributed by atoms with Crippen molar-refractivity contribution < 1.29 is 4.79 Å². The van der Waals surface area contributed by atoms with Gasteiger partial charge in [0.1, 0.15) is 0 Å². The maximum absolute atomic E-state index is 10.6. The second kappa shape index (κ2) is 9.96. The molecule has 2 rings (SSSR count). The van der Waals surface area contributed by atoms with Crippen LogP contribution in [-0.2, 0) is 0 Å². The maximum atomic E-state index is 10.6. The molecule has 0 aliphatic heterocycles. The zero-order valence-electron chi connectivity index (χ0n) is 10.9.